The van der Waals surface area contributed by atoms with Crippen molar-refractivity contribution in [3.8, 4) is 0 Å². The smallest absolute Gasteiger partial charge is 0.360 e. The van der Waals surface area contributed by atoms with Gasteiger partial charge in [-0.1, -0.05) is 0 Å². The van der Waals surface area contributed by atoms with Crippen molar-refractivity contribution in [3.05, 3.63) is 18.1 Å². The lowest BCUT2D eigenvalue weighted by Gasteiger charge is -2.17. The molecule has 5 nitrogen and oxygen atoms in total. The van der Waals surface area contributed by atoms with E-state index in [9.17, 15) is 4.79 Å². The van der Waals surface area contributed by atoms with E-state index in [0.29, 0.717) is 11.5 Å². The summed E-state index contributed by atoms with van der Waals surface area (Å²) in [6.45, 7) is 1.87. The van der Waals surface area contributed by atoms with Crippen LogP contribution in [0.5, 0.6) is 0 Å². The average molecular weight is 207 g/mol. The van der Waals surface area contributed by atoms with E-state index in [2.05, 4.69) is 19.6 Å². The Bertz CT molecular complexity index is 361. The molecule has 1 aromatic heterocycles. The van der Waals surface area contributed by atoms with E-state index in [1.165, 1.54) is 13.3 Å². The maximum absolute atomic E-state index is 11.4. The number of carbonyl (C=O) groups excluding carboxylic acids is 1. The number of hydrogen-bond acceptors (Lipinski definition) is 5. The number of aromatic nitrogens is 2. The Morgan fingerprint density at radius 2 is 2.00 bits per heavy atom. The van der Waals surface area contributed by atoms with Crippen molar-refractivity contribution >= 4 is 11.8 Å². The molecule has 0 radical (unpaired) electrons. The zero-order valence-electron chi connectivity index (χ0n) is 8.64. The molecule has 0 bridgehead atoms. The standard InChI is InChI=1S/C10H13N3O2/c1-15-10(14)8-9(12-5-4-11-8)13-6-2-3-7-13/h4-5H,2-3,6-7H2,1H3. The molecule has 1 fully saturated rings. The van der Waals surface area contributed by atoms with Crippen LogP contribution in [-0.4, -0.2) is 36.1 Å². The number of hydrogen-bond donors (Lipinski definition) is 0. The van der Waals surface area contributed by atoms with Gasteiger partial charge in [-0.25, -0.2) is 14.8 Å². The van der Waals surface area contributed by atoms with Gasteiger partial charge in [0.2, 0.25) is 0 Å². The van der Waals surface area contributed by atoms with Crippen molar-refractivity contribution in [1.82, 2.24) is 9.97 Å². The summed E-state index contributed by atoms with van der Waals surface area (Å²) in [5.41, 5.74) is 0.307. The van der Waals surface area contributed by atoms with Crippen LogP contribution < -0.4 is 4.90 Å². The van der Waals surface area contributed by atoms with Gasteiger partial charge < -0.3 is 9.64 Å². The number of nitrogens with zero attached hydrogens (tertiary/aromatic N) is 3. The molecular formula is C10H13N3O2. The molecule has 1 aliphatic rings. The molecule has 0 unspecified atom stereocenters. The first kappa shape index (κ1) is 9.89. The van der Waals surface area contributed by atoms with E-state index in [1.54, 1.807) is 6.20 Å². The van der Waals surface area contributed by atoms with E-state index in [-0.39, 0.29) is 0 Å². The van der Waals surface area contributed by atoms with Crippen LogP contribution in [0.3, 0.4) is 0 Å². The minimum atomic E-state index is -0.426. The van der Waals surface area contributed by atoms with Crippen LogP contribution in [0.1, 0.15) is 23.3 Å². The molecule has 5 heteroatoms. The molecule has 1 aromatic rings. The molecule has 15 heavy (non-hydrogen) atoms. The molecule has 80 valence electrons. The topological polar surface area (TPSA) is 55.3 Å². The summed E-state index contributed by atoms with van der Waals surface area (Å²) in [7, 11) is 1.35. The van der Waals surface area contributed by atoms with Gasteiger partial charge in [0, 0.05) is 25.5 Å². The Labute approximate surface area is 88.1 Å². The van der Waals surface area contributed by atoms with Crippen LogP contribution in [0, 0.1) is 0 Å². The number of carbonyl (C=O) groups is 1. The Kier molecular flexibility index (Phi) is 2.80. The van der Waals surface area contributed by atoms with Crippen LogP contribution >= 0.6 is 0 Å². The SMILES string of the molecule is COC(=O)c1nccnc1N1CCCC1. The minimum Gasteiger partial charge on any atom is -0.464 e. The van der Waals surface area contributed by atoms with Crippen molar-refractivity contribution < 1.29 is 9.53 Å². The lowest BCUT2D eigenvalue weighted by atomic mass is 10.4. The van der Waals surface area contributed by atoms with E-state index >= 15 is 0 Å². The van der Waals surface area contributed by atoms with Gasteiger partial charge in [0.25, 0.3) is 0 Å². The molecule has 0 aliphatic carbocycles. The van der Waals surface area contributed by atoms with Gasteiger partial charge in [-0.15, -0.1) is 0 Å². The van der Waals surface area contributed by atoms with E-state index in [1.807, 2.05) is 0 Å². The quantitative estimate of drug-likeness (QED) is 0.673. The van der Waals surface area contributed by atoms with Crippen molar-refractivity contribution in [1.29, 1.82) is 0 Å². The number of methoxy groups -OCH3 is 1. The molecule has 2 rings (SSSR count). The van der Waals surface area contributed by atoms with Crippen LogP contribution in [-0.2, 0) is 4.74 Å². The molecule has 1 aliphatic heterocycles. The second kappa shape index (κ2) is 4.25. The zero-order chi connectivity index (χ0) is 10.7. The van der Waals surface area contributed by atoms with Gasteiger partial charge in [0.15, 0.2) is 11.5 Å². The van der Waals surface area contributed by atoms with Gasteiger partial charge >= 0.3 is 5.97 Å². The highest BCUT2D eigenvalue weighted by atomic mass is 16.5. The summed E-state index contributed by atoms with van der Waals surface area (Å²) < 4.78 is 4.67. The number of esters is 1. The normalized spacial score (nSPS) is 15.4. The first-order chi connectivity index (χ1) is 7.33. The van der Waals surface area contributed by atoms with E-state index < -0.39 is 5.97 Å². The molecular weight excluding hydrogens is 194 g/mol. The monoisotopic (exact) mass is 207 g/mol. The maximum Gasteiger partial charge on any atom is 0.360 e. The Hall–Kier alpha value is -1.65. The Balaban J connectivity index is 2.32. The first-order valence-electron chi connectivity index (χ1n) is 4.97. The minimum absolute atomic E-state index is 0.307. The van der Waals surface area contributed by atoms with Crippen LogP contribution in [0.4, 0.5) is 5.82 Å². The Morgan fingerprint density at radius 1 is 1.33 bits per heavy atom. The van der Waals surface area contributed by atoms with Crippen LogP contribution in [0.15, 0.2) is 12.4 Å². The molecule has 0 N–H and O–H groups in total. The molecule has 0 amide bonds. The predicted octanol–water partition coefficient (Wildman–Crippen LogP) is 0.863. The molecule has 0 saturated carbocycles. The van der Waals surface area contributed by atoms with Gasteiger partial charge in [0.05, 0.1) is 7.11 Å². The second-order valence-electron chi connectivity index (χ2n) is 3.41. The molecule has 1 saturated heterocycles. The summed E-state index contributed by atoms with van der Waals surface area (Å²) in [4.78, 5) is 21.7. The van der Waals surface area contributed by atoms with Crippen LogP contribution in [0.25, 0.3) is 0 Å². The van der Waals surface area contributed by atoms with Crippen molar-refractivity contribution in [2.45, 2.75) is 12.8 Å². The average Bonchev–Trinajstić information content (AvgIpc) is 2.81. The third-order valence-corrected chi connectivity index (χ3v) is 2.46. The van der Waals surface area contributed by atoms with Gasteiger partial charge in [-0.2, -0.15) is 0 Å². The molecule has 2 heterocycles. The Morgan fingerprint density at radius 3 is 2.67 bits per heavy atom. The third kappa shape index (κ3) is 1.91. The molecule has 0 spiro atoms. The van der Waals surface area contributed by atoms with Crippen molar-refractivity contribution in [3.63, 3.8) is 0 Å². The summed E-state index contributed by atoms with van der Waals surface area (Å²) in [5, 5.41) is 0. The number of anilines is 1. The fraction of sp³-hybridized carbons (Fsp3) is 0.500. The largest absolute Gasteiger partial charge is 0.464 e. The molecule has 0 atom stereocenters. The van der Waals surface area contributed by atoms with Crippen molar-refractivity contribution in [2.24, 2.45) is 0 Å². The fourth-order valence-corrected chi connectivity index (χ4v) is 1.73. The van der Waals surface area contributed by atoms with Gasteiger partial charge in [0.1, 0.15) is 0 Å². The van der Waals surface area contributed by atoms with Gasteiger partial charge in [-0.3, -0.25) is 0 Å². The third-order valence-electron chi connectivity index (χ3n) is 2.46. The predicted molar refractivity (Wildman–Crippen MR) is 54.8 cm³/mol. The number of ether oxygens (including phenoxy) is 1. The lowest BCUT2D eigenvalue weighted by molar-refractivity contribution is 0.0594. The van der Waals surface area contributed by atoms with E-state index in [4.69, 9.17) is 0 Å². The highest BCUT2D eigenvalue weighted by Crippen LogP contribution is 2.20. The first-order valence-corrected chi connectivity index (χ1v) is 4.97. The second-order valence-corrected chi connectivity index (χ2v) is 3.41. The fourth-order valence-electron chi connectivity index (χ4n) is 1.73. The highest BCUT2D eigenvalue weighted by Gasteiger charge is 2.21. The number of rotatable bonds is 2. The summed E-state index contributed by atoms with van der Waals surface area (Å²) in [5.74, 6) is 0.215. The summed E-state index contributed by atoms with van der Waals surface area (Å²) in [6, 6.07) is 0. The van der Waals surface area contributed by atoms with Crippen LogP contribution in [0.2, 0.25) is 0 Å². The zero-order valence-corrected chi connectivity index (χ0v) is 8.64. The van der Waals surface area contributed by atoms with Crippen molar-refractivity contribution in [2.75, 3.05) is 25.1 Å². The summed E-state index contributed by atoms with van der Waals surface area (Å²) >= 11 is 0. The highest BCUT2D eigenvalue weighted by molar-refractivity contribution is 5.92. The summed E-state index contributed by atoms with van der Waals surface area (Å²) in [6.07, 6.45) is 5.38. The van der Waals surface area contributed by atoms with Gasteiger partial charge in [-0.05, 0) is 12.8 Å². The van der Waals surface area contributed by atoms with E-state index in [0.717, 1.165) is 25.9 Å². The maximum atomic E-state index is 11.4. The lowest BCUT2D eigenvalue weighted by Crippen LogP contribution is -2.23. The molecule has 0 aromatic carbocycles.